The highest BCUT2D eigenvalue weighted by atomic mass is 16.6. The van der Waals surface area contributed by atoms with Crippen molar-refractivity contribution in [2.24, 2.45) is 0 Å². The molecule has 1 aromatic heterocycles. The fourth-order valence-corrected chi connectivity index (χ4v) is 5.32. The summed E-state index contributed by atoms with van der Waals surface area (Å²) < 4.78 is 5.54. The van der Waals surface area contributed by atoms with E-state index < -0.39 is 5.60 Å². The Labute approximate surface area is 221 Å². The van der Waals surface area contributed by atoms with Gasteiger partial charge < -0.3 is 25.4 Å². The number of aryl methyl sites for hydroxylation is 2. The average molecular weight is 510 g/mol. The molecule has 0 atom stereocenters. The number of carbonyl (C=O) groups is 1. The van der Waals surface area contributed by atoms with E-state index in [9.17, 15) is 9.90 Å². The normalized spacial score (nSPS) is 21.0. The number of amides is 1. The third kappa shape index (κ3) is 7.34. The highest BCUT2D eigenvalue weighted by molar-refractivity contribution is 5.68. The summed E-state index contributed by atoms with van der Waals surface area (Å²) in [5.74, 6) is 1.98. The van der Waals surface area contributed by atoms with Gasteiger partial charge in [0.1, 0.15) is 11.4 Å². The molecule has 2 fully saturated rings. The lowest BCUT2D eigenvalue weighted by Crippen LogP contribution is -2.41. The number of nitrogens with one attached hydrogen (secondary N) is 2. The van der Waals surface area contributed by atoms with Crippen LogP contribution in [-0.2, 0) is 11.2 Å². The van der Waals surface area contributed by atoms with Gasteiger partial charge in [0.05, 0.1) is 18.0 Å². The minimum Gasteiger partial charge on any atom is -0.444 e. The number of aromatic nitrogens is 2. The van der Waals surface area contributed by atoms with E-state index in [1.165, 1.54) is 11.1 Å². The molecule has 1 saturated carbocycles. The summed E-state index contributed by atoms with van der Waals surface area (Å²) in [4.78, 5) is 23.7. The predicted molar refractivity (Wildman–Crippen MR) is 148 cm³/mol. The summed E-state index contributed by atoms with van der Waals surface area (Å²) in [6.45, 7) is 11.4. The lowest BCUT2D eigenvalue weighted by atomic mass is 9.87. The van der Waals surface area contributed by atoms with Crippen LogP contribution in [0.2, 0.25) is 0 Å². The Bertz CT molecular complexity index is 1070. The Kier molecular flexibility index (Phi) is 8.57. The maximum absolute atomic E-state index is 12.4. The second-order valence-corrected chi connectivity index (χ2v) is 11.5. The number of hydrogen-bond donors (Lipinski definition) is 3. The number of likely N-dealkylation sites (tertiary alicyclic amines) is 1. The molecule has 0 spiro atoms. The zero-order valence-electron chi connectivity index (χ0n) is 23.0. The number of hydrogen-bond acceptors (Lipinski definition) is 7. The number of aliphatic hydroxyl groups excluding tert-OH is 1. The maximum atomic E-state index is 12.4. The number of anilines is 3. The predicted octanol–water partition coefficient (Wildman–Crippen LogP) is 5.92. The van der Waals surface area contributed by atoms with Gasteiger partial charge in [-0.05, 0) is 102 Å². The van der Waals surface area contributed by atoms with E-state index >= 15 is 0 Å². The Morgan fingerprint density at radius 2 is 1.84 bits per heavy atom. The van der Waals surface area contributed by atoms with Crippen molar-refractivity contribution in [2.45, 2.75) is 103 Å². The van der Waals surface area contributed by atoms with Crippen LogP contribution in [0.25, 0.3) is 0 Å². The van der Waals surface area contributed by atoms with Crippen LogP contribution in [0.15, 0.2) is 24.4 Å². The van der Waals surface area contributed by atoms with Crippen LogP contribution >= 0.6 is 0 Å². The third-order valence-electron chi connectivity index (χ3n) is 7.35. The number of nitrogens with zero attached hydrogens (tertiary/aromatic N) is 3. The molecule has 2 aromatic rings. The monoisotopic (exact) mass is 509 g/mol. The van der Waals surface area contributed by atoms with Crippen molar-refractivity contribution in [3.05, 3.63) is 41.2 Å². The van der Waals surface area contributed by atoms with Crippen LogP contribution in [0.1, 0.15) is 89.0 Å². The second kappa shape index (κ2) is 11.7. The summed E-state index contributed by atoms with van der Waals surface area (Å²) in [5.41, 5.74) is 4.05. The first-order chi connectivity index (χ1) is 17.6. The van der Waals surface area contributed by atoms with E-state index in [1.54, 1.807) is 6.20 Å². The van der Waals surface area contributed by atoms with Crippen molar-refractivity contribution in [1.29, 1.82) is 0 Å². The molecule has 2 heterocycles. The molecule has 202 valence electrons. The van der Waals surface area contributed by atoms with Crippen LogP contribution in [0, 0.1) is 6.92 Å². The highest BCUT2D eigenvalue weighted by Gasteiger charge is 2.28. The van der Waals surface area contributed by atoms with Gasteiger partial charge in [0.25, 0.3) is 0 Å². The van der Waals surface area contributed by atoms with E-state index in [4.69, 9.17) is 9.72 Å². The molecule has 0 unspecified atom stereocenters. The van der Waals surface area contributed by atoms with E-state index in [-0.39, 0.29) is 12.2 Å². The standard InChI is InChI=1S/C29H43N5O3/c1-6-25-27(32-21-7-10-23(35)11-8-21)33-26(18-30-25)31-22-9-12-24(19(2)17-22)20-13-15-34(16-14-20)28(36)37-29(3,4)5/h9,12,17-18,20-21,23,35H,6-8,10-11,13-16H2,1-5H3,(H2,31,32,33)/t21-,23-. The number of piperidine rings is 1. The SMILES string of the molecule is CCc1ncc(Nc2ccc(C3CCN(C(=O)OC(C)(C)C)CC3)c(C)c2)nc1N[C@H]1CC[C@H](O)CC1. The summed E-state index contributed by atoms with van der Waals surface area (Å²) in [6, 6.07) is 6.79. The topological polar surface area (TPSA) is 99.6 Å². The van der Waals surface area contributed by atoms with E-state index in [0.717, 1.165) is 62.1 Å². The zero-order chi connectivity index (χ0) is 26.6. The third-order valence-corrected chi connectivity index (χ3v) is 7.35. The summed E-state index contributed by atoms with van der Waals surface area (Å²) in [6.07, 6.45) is 7.64. The molecule has 1 aliphatic heterocycles. The fraction of sp³-hybridized carbons (Fsp3) is 0.621. The molecular formula is C29H43N5O3. The van der Waals surface area contributed by atoms with Crippen LogP contribution in [0.4, 0.5) is 22.1 Å². The van der Waals surface area contributed by atoms with Gasteiger partial charge in [-0.25, -0.2) is 9.78 Å². The number of rotatable bonds is 6. The van der Waals surface area contributed by atoms with Crippen LogP contribution < -0.4 is 10.6 Å². The maximum Gasteiger partial charge on any atom is 0.410 e. The Balaban J connectivity index is 1.38. The molecule has 1 amide bonds. The molecule has 1 aromatic carbocycles. The molecule has 2 aliphatic rings. The van der Waals surface area contributed by atoms with Crippen molar-refractivity contribution in [3.8, 4) is 0 Å². The molecule has 1 aliphatic carbocycles. The van der Waals surface area contributed by atoms with E-state index in [1.807, 2.05) is 25.7 Å². The number of benzene rings is 1. The molecule has 0 bridgehead atoms. The summed E-state index contributed by atoms with van der Waals surface area (Å²) in [7, 11) is 0. The second-order valence-electron chi connectivity index (χ2n) is 11.5. The van der Waals surface area contributed by atoms with Gasteiger partial charge in [0, 0.05) is 24.8 Å². The Morgan fingerprint density at radius 3 is 2.46 bits per heavy atom. The largest absolute Gasteiger partial charge is 0.444 e. The molecule has 8 nitrogen and oxygen atoms in total. The van der Waals surface area contributed by atoms with Gasteiger partial charge >= 0.3 is 6.09 Å². The molecule has 1 saturated heterocycles. The first kappa shape index (κ1) is 27.2. The zero-order valence-corrected chi connectivity index (χ0v) is 23.0. The Hall–Kier alpha value is -2.87. The van der Waals surface area contributed by atoms with Crippen molar-refractivity contribution >= 4 is 23.4 Å². The van der Waals surface area contributed by atoms with Crippen LogP contribution in [0.5, 0.6) is 0 Å². The molecular weight excluding hydrogens is 466 g/mol. The summed E-state index contributed by atoms with van der Waals surface area (Å²) >= 11 is 0. The minimum absolute atomic E-state index is 0.175. The molecule has 4 rings (SSSR count). The molecule has 8 heteroatoms. The first-order valence-corrected chi connectivity index (χ1v) is 13.8. The van der Waals surface area contributed by atoms with E-state index in [0.29, 0.717) is 30.9 Å². The smallest absolute Gasteiger partial charge is 0.410 e. The van der Waals surface area contributed by atoms with Crippen molar-refractivity contribution < 1.29 is 14.6 Å². The van der Waals surface area contributed by atoms with Gasteiger partial charge in [-0.2, -0.15) is 0 Å². The van der Waals surface area contributed by atoms with Crippen molar-refractivity contribution in [3.63, 3.8) is 0 Å². The Morgan fingerprint density at radius 1 is 1.14 bits per heavy atom. The highest BCUT2D eigenvalue weighted by Crippen LogP contribution is 2.33. The average Bonchev–Trinajstić information content (AvgIpc) is 2.85. The number of aliphatic hydroxyl groups is 1. The van der Waals surface area contributed by atoms with Gasteiger partial charge in [-0.3, -0.25) is 4.98 Å². The van der Waals surface area contributed by atoms with Gasteiger partial charge in [-0.1, -0.05) is 13.0 Å². The fourth-order valence-electron chi connectivity index (χ4n) is 5.32. The lowest BCUT2D eigenvalue weighted by molar-refractivity contribution is 0.0204. The lowest BCUT2D eigenvalue weighted by Gasteiger charge is -2.34. The van der Waals surface area contributed by atoms with Crippen molar-refractivity contribution in [2.75, 3.05) is 23.7 Å². The molecule has 0 radical (unpaired) electrons. The van der Waals surface area contributed by atoms with Crippen molar-refractivity contribution in [1.82, 2.24) is 14.9 Å². The number of carbonyl (C=O) groups excluding carboxylic acids is 1. The van der Waals surface area contributed by atoms with Gasteiger partial charge in [-0.15, -0.1) is 0 Å². The van der Waals surface area contributed by atoms with Gasteiger partial charge in [0.15, 0.2) is 5.82 Å². The van der Waals surface area contributed by atoms with E-state index in [2.05, 4.69) is 47.7 Å². The minimum atomic E-state index is -0.467. The summed E-state index contributed by atoms with van der Waals surface area (Å²) in [5, 5.41) is 16.8. The quantitative estimate of drug-likeness (QED) is 0.444. The first-order valence-electron chi connectivity index (χ1n) is 13.8. The molecule has 37 heavy (non-hydrogen) atoms. The molecule has 3 N–H and O–H groups in total. The van der Waals surface area contributed by atoms with Gasteiger partial charge in [0.2, 0.25) is 0 Å². The van der Waals surface area contributed by atoms with Crippen LogP contribution in [-0.4, -0.2) is 56.9 Å². The number of ether oxygens (including phenoxy) is 1. The van der Waals surface area contributed by atoms with Crippen LogP contribution in [0.3, 0.4) is 0 Å².